The predicted octanol–water partition coefficient (Wildman–Crippen LogP) is 5.08. The van der Waals surface area contributed by atoms with E-state index in [0.717, 1.165) is 16.6 Å². The molecule has 6 rings (SSSR count). The fourth-order valence-electron chi connectivity index (χ4n) is 4.94. The Bertz CT molecular complexity index is 1590. The van der Waals surface area contributed by atoms with Crippen LogP contribution in [0.15, 0.2) is 48.8 Å². The van der Waals surface area contributed by atoms with Crippen molar-refractivity contribution >= 4 is 24.1 Å². The Labute approximate surface area is 211 Å². The van der Waals surface area contributed by atoms with Gasteiger partial charge in [-0.25, -0.2) is 15.0 Å². The second-order valence-electron chi connectivity index (χ2n) is 9.52. The zero-order valence-electron chi connectivity index (χ0n) is 19.9. The first-order valence-electron chi connectivity index (χ1n) is 11.6. The van der Waals surface area contributed by atoms with Crippen LogP contribution in [-0.2, 0) is 4.57 Å². The smallest absolute Gasteiger partial charge is 0.387 e. The molecule has 1 amide bonds. The maximum atomic E-state index is 13.2. The van der Waals surface area contributed by atoms with Gasteiger partial charge < -0.3 is 23.9 Å². The highest BCUT2D eigenvalue weighted by Gasteiger charge is 2.42. The topological polar surface area (TPSA) is 108 Å². The molecule has 0 saturated heterocycles. The third kappa shape index (κ3) is 4.23. The molecule has 12 heteroatoms. The van der Waals surface area contributed by atoms with Crippen LogP contribution in [0, 0.1) is 0 Å². The van der Waals surface area contributed by atoms with Crippen LogP contribution in [0.2, 0.25) is 0 Å². The highest BCUT2D eigenvalue weighted by molar-refractivity contribution is 7.62. The second-order valence-corrected chi connectivity index (χ2v) is 12.9. The molecule has 2 atom stereocenters. The fraction of sp³-hybridized carbons (Fsp3) is 0.280. The molecule has 1 N–H and O–H groups in total. The predicted molar refractivity (Wildman–Crippen MR) is 134 cm³/mol. The molecule has 37 heavy (non-hydrogen) atoms. The summed E-state index contributed by atoms with van der Waals surface area (Å²) < 4.78 is 50.5. The third-order valence-corrected chi connectivity index (χ3v) is 7.18. The summed E-state index contributed by atoms with van der Waals surface area (Å²) in [6.07, 6.45) is 3.76. The largest absolute Gasteiger partial charge is 0.456 e. The van der Waals surface area contributed by atoms with Crippen molar-refractivity contribution in [3.05, 3.63) is 65.7 Å². The molecule has 2 bridgehead atoms. The number of hydrogen-bond acceptors (Lipinski definition) is 7. The van der Waals surface area contributed by atoms with Gasteiger partial charge in [-0.05, 0) is 49.6 Å². The van der Waals surface area contributed by atoms with Crippen LogP contribution in [0.4, 0.5) is 8.78 Å². The molecule has 2 aromatic carbocycles. The molecule has 0 spiro atoms. The van der Waals surface area contributed by atoms with Gasteiger partial charge in [0.15, 0.2) is 0 Å². The summed E-state index contributed by atoms with van der Waals surface area (Å²) in [5.41, 5.74) is 3.77. The van der Waals surface area contributed by atoms with Crippen molar-refractivity contribution in [1.82, 2.24) is 24.8 Å². The van der Waals surface area contributed by atoms with E-state index in [1.54, 1.807) is 31.8 Å². The van der Waals surface area contributed by atoms with Crippen LogP contribution in [0.25, 0.3) is 22.2 Å². The molecule has 192 valence electrons. The third-order valence-electron chi connectivity index (χ3n) is 6.43. The zero-order valence-corrected chi connectivity index (χ0v) is 20.8. The van der Waals surface area contributed by atoms with Crippen molar-refractivity contribution in [2.24, 2.45) is 0 Å². The van der Waals surface area contributed by atoms with E-state index >= 15 is 0 Å². The molecule has 2 aromatic heterocycles. The van der Waals surface area contributed by atoms with Gasteiger partial charge in [-0.2, -0.15) is 8.78 Å². The number of carbonyl (C=O) groups is 1. The Balaban J connectivity index is 0.00000294. The molecule has 4 heterocycles. The lowest BCUT2D eigenvalue weighted by molar-refractivity contribution is -0.0507. The van der Waals surface area contributed by atoms with Crippen LogP contribution in [-0.4, -0.2) is 51.7 Å². The molecule has 2 aliphatic heterocycles. The van der Waals surface area contributed by atoms with E-state index in [2.05, 4.69) is 15.3 Å². The summed E-state index contributed by atoms with van der Waals surface area (Å²) >= 11 is 0. The SMILES string of the molecule is CP(C)(=O)COc1ncc(-c2ccc3nc4n(c3c2)C2CC4NC(=O)c3cccc(OC(F)F)c32)cn1.[HH]. The maximum absolute atomic E-state index is 13.2. The summed E-state index contributed by atoms with van der Waals surface area (Å²) in [5, 5.41) is 2.98. The van der Waals surface area contributed by atoms with E-state index in [1.165, 1.54) is 12.1 Å². The van der Waals surface area contributed by atoms with E-state index in [4.69, 9.17) is 14.5 Å². The van der Waals surface area contributed by atoms with E-state index in [9.17, 15) is 18.1 Å². The highest BCUT2D eigenvalue weighted by Crippen LogP contribution is 2.47. The van der Waals surface area contributed by atoms with Gasteiger partial charge in [-0.1, -0.05) is 12.1 Å². The van der Waals surface area contributed by atoms with E-state index in [0.29, 0.717) is 28.9 Å². The Hall–Kier alpha value is -3.85. The lowest BCUT2D eigenvalue weighted by Crippen LogP contribution is -2.28. The van der Waals surface area contributed by atoms with E-state index < -0.39 is 19.8 Å². The first kappa shape index (κ1) is 23.5. The molecule has 0 aliphatic carbocycles. The Kier molecular flexibility index (Phi) is 5.49. The molecule has 2 aliphatic rings. The standard InChI is InChI=1S/C25H22F2N5O4P.H2/c1-37(2,34)12-35-25-28-10-14(11-29-25)13-6-7-16-18(8-13)32-19-9-17(22(32)30-16)31-23(33)15-4-3-5-20(21(15)19)36-24(26)27;/h3-8,10-11,17,19,24H,9,12H2,1-2H3,(H,31,33);1H. The average Bonchev–Trinajstić information content (AvgIpc) is 3.34. The van der Waals surface area contributed by atoms with Crippen molar-refractivity contribution in [2.75, 3.05) is 19.7 Å². The van der Waals surface area contributed by atoms with Gasteiger partial charge in [0.05, 0.1) is 23.1 Å². The van der Waals surface area contributed by atoms with Gasteiger partial charge in [0.1, 0.15) is 25.1 Å². The second kappa shape index (κ2) is 8.62. The van der Waals surface area contributed by atoms with Crippen molar-refractivity contribution in [3.63, 3.8) is 0 Å². The number of fused-ring (bicyclic) bond motifs is 9. The van der Waals surface area contributed by atoms with Crippen LogP contribution in [0.1, 0.15) is 41.7 Å². The zero-order chi connectivity index (χ0) is 25.9. The number of aromatic nitrogens is 4. The number of hydrogen-bond donors (Lipinski definition) is 1. The van der Waals surface area contributed by atoms with Crippen molar-refractivity contribution in [2.45, 2.75) is 25.1 Å². The van der Waals surface area contributed by atoms with Crippen molar-refractivity contribution in [3.8, 4) is 22.9 Å². The first-order chi connectivity index (χ1) is 17.7. The molecule has 9 nitrogen and oxygen atoms in total. The minimum Gasteiger partial charge on any atom is -0.456 e. The maximum Gasteiger partial charge on any atom is 0.387 e. The fourth-order valence-corrected chi connectivity index (χ4v) is 5.37. The molecular weight excluding hydrogens is 503 g/mol. The van der Waals surface area contributed by atoms with Gasteiger partial charge in [-0.3, -0.25) is 4.79 Å². The normalized spacial score (nSPS) is 18.4. The van der Waals surface area contributed by atoms with Crippen LogP contribution < -0.4 is 14.8 Å². The summed E-state index contributed by atoms with van der Waals surface area (Å²) in [4.78, 5) is 26.1. The summed E-state index contributed by atoms with van der Waals surface area (Å²) in [6.45, 7) is 0.238. The number of rotatable bonds is 6. The summed E-state index contributed by atoms with van der Waals surface area (Å²) in [6, 6.07) is 9.65. The van der Waals surface area contributed by atoms with E-state index in [1.807, 2.05) is 22.8 Å². The molecule has 0 fully saturated rings. The van der Waals surface area contributed by atoms with E-state index in [-0.39, 0.29) is 31.5 Å². The highest BCUT2D eigenvalue weighted by atomic mass is 31.2. The number of benzene rings is 2. The van der Waals surface area contributed by atoms with Crippen LogP contribution in [0.3, 0.4) is 0 Å². The number of nitrogens with zero attached hydrogens (tertiary/aromatic N) is 4. The van der Waals surface area contributed by atoms with Crippen molar-refractivity contribution < 1.29 is 29.0 Å². The van der Waals surface area contributed by atoms with Gasteiger partial charge in [0.2, 0.25) is 0 Å². The van der Waals surface area contributed by atoms with Gasteiger partial charge in [-0.15, -0.1) is 0 Å². The number of alkyl halides is 2. The molecular formula is C25H24F2N5O4P. The Morgan fingerprint density at radius 1 is 1.19 bits per heavy atom. The van der Waals surface area contributed by atoms with Gasteiger partial charge in [0, 0.05) is 30.5 Å². The van der Waals surface area contributed by atoms with Crippen LogP contribution >= 0.6 is 7.14 Å². The monoisotopic (exact) mass is 527 g/mol. The Morgan fingerprint density at radius 3 is 2.70 bits per heavy atom. The summed E-state index contributed by atoms with van der Waals surface area (Å²) in [5.74, 6) is 0.293. The Morgan fingerprint density at radius 2 is 1.97 bits per heavy atom. The lowest BCUT2D eigenvalue weighted by Gasteiger charge is -2.21. The average molecular weight is 527 g/mol. The quantitative estimate of drug-likeness (QED) is 0.349. The minimum absolute atomic E-state index is 0. The number of nitrogens with one attached hydrogen (secondary N) is 1. The van der Waals surface area contributed by atoms with Gasteiger partial charge in [0.25, 0.3) is 5.91 Å². The minimum atomic E-state index is -3.02. The number of halogens is 2. The molecule has 4 aromatic rings. The lowest BCUT2D eigenvalue weighted by atomic mass is 9.97. The van der Waals surface area contributed by atoms with Crippen LogP contribution in [0.5, 0.6) is 11.8 Å². The molecule has 0 radical (unpaired) electrons. The first-order valence-corrected chi connectivity index (χ1v) is 14.4. The molecule has 0 saturated carbocycles. The molecule has 2 unspecified atom stereocenters. The van der Waals surface area contributed by atoms with Gasteiger partial charge >= 0.3 is 12.6 Å². The number of imidazole rings is 1. The summed E-state index contributed by atoms with van der Waals surface area (Å²) in [7, 11) is -2.37. The van der Waals surface area contributed by atoms with Crippen molar-refractivity contribution in [1.29, 1.82) is 0 Å². The number of amides is 1. The number of ether oxygens (including phenoxy) is 2. The number of carbonyl (C=O) groups excluding carboxylic acids is 1.